The number of hydrogen-bond donors (Lipinski definition) is 1. The first-order chi connectivity index (χ1) is 13.5. The Morgan fingerprint density at radius 2 is 2.18 bits per heavy atom. The summed E-state index contributed by atoms with van der Waals surface area (Å²) in [5, 5.41) is 4.15. The number of methoxy groups -OCH3 is 1. The summed E-state index contributed by atoms with van der Waals surface area (Å²) in [6.07, 6.45) is 1.61. The van der Waals surface area contributed by atoms with E-state index >= 15 is 0 Å². The highest BCUT2D eigenvalue weighted by Crippen LogP contribution is 2.21. The van der Waals surface area contributed by atoms with Gasteiger partial charge >= 0.3 is 0 Å². The third kappa shape index (κ3) is 4.55. The van der Waals surface area contributed by atoms with E-state index in [1.54, 1.807) is 55.7 Å². The molecule has 1 N–H and O–H groups in total. The van der Waals surface area contributed by atoms with Gasteiger partial charge < -0.3 is 10.1 Å². The number of ether oxygens (including phenoxy) is 1. The van der Waals surface area contributed by atoms with Gasteiger partial charge in [0.05, 0.1) is 23.8 Å². The lowest BCUT2D eigenvalue weighted by atomic mass is 10.2. The summed E-state index contributed by atoms with van der Waals surface area (Å²) in [4.78, 5) is 29.6. The molecule has 0 unspecified atom stereocenters. The van der Waals surface area contributed by atoms with E-state index in [0.717, 1.165) is 0 Å². The Hall–Kier alpha value is -2.77. The molecule has 1 aromatic heterocycles. The van der Waals surface area contributed by atoms with Gasteiger partial charge in [0.1, 0.15) is 5.75 Å². The zero-order valence-corrected chi connectivity index (χ0v) is 16.7. The standard InChI is InChI=1S/C20H18ClN3O3S/c1-3-9-24-19(26)16-10-13(21)7-8-17(16)23-20(24)28-12-18(25)22-14-5-4-6-15(11-14)27-2/h3-8,10-11H,1,9,12H2,2H3,(H,22,25). The van der Waals surface area contributed by atoms with Gasteiger partial charge in [0.15, 0.2) is 5.16 Å². The van der Waals surface area contributed by atoms with Gasteiger partial charge in [-0.25, -0.2) is 4.98 Å². The monoisotopic (exact) mass is 415 g/mol. The third-order valence-electron chi connectivity index (χ3n) is 3.88. The number of allylic oxidation sites excluding steroid dienone is 1. The highest BCUT2D eigenvalue weighted by molar-refractivity contribution is 7.99. The van der Waals surface area contributed by atoms with Crippen molar-refractivity contribution < 1.29 is 9.53 Å². The molecular formula is C20H18ClN3O3S. The van der Waals surface area contributed by atoms with E-state index in [9.17, 15) is 9.59 Å². The average Bonchev–Trinajstić information content (AvgIpc) is 2.69. The molecule has 0 fully saturated rings. The van der Waals surface area contributed by atoms with Crippen molar-refractivity contribution in [3.63, 3.8) is 0 Å². The minimum atomic E-state index is -0.219. The highest BCUT2D eigenvalue weighted by Gasteiger charge is 2.13. The second kappa shape index (κ2) is 8.95. The number of carbonyl (C=O) groups excluding carboxylic acids is 1. The predicted molar refractivity (Wildman–Crippen MR) is 114 cm³/mol. The maximum absolute atomic E-state index is 12.8. The molecule has 28 heavy (non-hydrogen) atoms. The van der Waals surface area contributed by atoms with Crippen molar-refractivity contribution in [3.05, 3.63) is 70.5 Å². The van der Waals surface area contributed by atoms with Crippen molar-refractivity contribution in [2.45, 2.75) is 11.7 Å². The molecule has 8 heteroatoms. The van der Waals surface area contributed by atoms with Crippen molar-refractivity contribution in [3.8, 4) is 5.75 Å². The number of hydrogen-bond acceptors (Lipinski definition) is 5. The number of amides is 1. The lowest BCUT2D eigenvalue weighted by molar-refractivity contribution is -0.113. The second-order valence-electron chi connectivity index (χ2n) is 5.83. The molecule has 3 rings (SSSR count). The van der Waals surface area contributed by atoms with Crippen molar-refractivity contribution in [1.29, 1.82) is 0 Å². The molecule has 0 aliphatic carbocycles. The number of benzene rings is 2. The normalized spacial score (nSPS) is 10.6. The van der Waals surface area contributed by atoms with Crippen LogP contribution in [0.3, 0.4) is 0 Å². The number of thioether (sulfide) groups is 1. The van der Waals surface area contributed by atoms with E-state index in [1.807, 2.05) is 0 Å². The molecule has 0 saturated carbocycles. The Morgan fingerprint density at radius 1 is 1.36 bits per heavy atom. The smallest absolute Gasteiger partial charge is 0.262 e. The first-order valence-electron chi connectivity index (χ1n) is 8.39. The van der Waals surface area contributed by atoms with Crippen LogP contribution in [0.5, 0.6) is 5.75 Å². The molecule has 144 valence electrons. The fraction of sp³-hybridized carbons (Fsp3) is 0.150. The Morgan fingerprint density at radius 3 is 2.93 bits per heavy atom. The number of nitrogens with zero attached hydrogens (tertiary/aromatic N) is 2. The molecule has 1 heterocycles. The molecule has 0 saturated heterocycles. The number of aromatic nitrogens is 2. The number of nitrogens with one attached hydrogen (secondary N) is 1. The Balaban J connectivity index is 1.81. The van der Waals surface area contributed by atoms with E-state index in [0.29, 0.717) is 32.5 Å². The highest BCUT2D eigenvalue weighted by atomic mass is 35.5. The zero-order valence-electron chi connectivity index (χ0n) is 15.1. The zero-order chi connectivity index (χ0) is 20.1. The van der Waals surface area contributed by atoms with E-state index in [-0.39, 0.29) is 23.8 Å². The van der Waals surface area contributed by atoms with Gasteiger partial charge in [-0.05, 0) is 30.3 Å². The van der Waals surface area contributed by atoms with Crippen LogP contribution in [0, 0.1) is 0 Å². The molecular weight excluding hydrogens is 398 g/mol. The summed E-state index contributed by atoms with van der Waals surface area (Å²) in [7, 11) is 1.56. The summed E-state index contributed by atoms with van der Waals surface area (Å²) in [6, 6.07) is 12.1. The Bertz CT molecular complexity index is 1100. The van der Waals surface area contributed by atoms with Crippen LogP contribution in [-0.4, -0.2) is 28.3 Å². The number of halogens is 1. The van der Waals surface area contributed by atoms with Crippen LogP contribution < -0.4 is 15.6 Å². The molecule has 0 bridgehead atoms. The van der Waals surface area contributed by atoms with Crippen LogP contribution in [0.2, 0.25) is 5.02 Å². The molecule has 2 aromatic carbocycles. The molecule has 3 aromatic rings. The minimum Gasteiger partial charge on any atom is -0.497 e. The van der Waals surface area contributed by atoms with E-state index in [4.69, 9.17) is 16.3 Å². The summed E-state index contributed by atoms with van der Waals surface area (Å²) >= 11 is 7.18. The van der Waals surface area contributed by atoms with Crippen molar-refractivity contribution >= 4 is 45.9 Å². The van der Waals surface area contributed by atoms with Gasteiger partial charge in [0.2, 0.25) is 5.91 Å². The topological polar surface area (TPSA) is 73.2 Å². The van der Waals surface area contributed by atoms with Crippen LogP contribution in [0.1, 0.15) is 0 Å². The van der Waals surface area contributed by atoms with Crippen molar-refractivity contribution in [2.24, 2.45) is 0 Å². The van der Waals surface area contributed by atoms with Gasteiger partial charge in [-0.1, -0.05) is 35.5 Å². The first-order valence-corrected chi connectivity index (χ1v) is 9.76. The van der Waals surface area contributed by atoms with E-state index in [2.05, 4.69) is 16.9 Å². The maximum atomic E-state index is 12.8. The fourth-order valence-corrected chi connectivity index (χ4v) is 3.58. The lowest BCUT2D eigenvalue weighted by Gasteiger charge is -2.12. The number of carbonyl (C=O) groups is 1. The number of rotatable bonds is 7. The van der Waals surface area contributed by atoms with Crippen LogP contribution >= 0.6 is 23.4 Å². The van der Waals surface area contributed by atoms with E-state index < -0.39 is 0 Å². The minimum absolute atomic E-state index is 0.0971. The molecule has 0 spiro atoms. The van der Waals surface area contributed by atoms with E-state index in [1.165, 1.54) is 16.3 Å². The van der Waals surface area contributed by atoms with Gasteiger partial charge in [-0.3, -0.25) is 14.2 Å². The fourth-order valence-electron chi connectivity index (χ4n) is 2.60. The van der Waals surface area contributed by atoms with Gasteiger partial charge in [-0.15, -0.1) is 6.58 Å². The summed E-state index contributed by atoms with van der Waals surface area (Å²) < 4.78 is 6.63. The van der Waals surface area contributed by atoms with Gasteiger partial charge in [0, 0.05) is 23.3 Å². The second-order valence-corrected chi connectivity index (χ2v) is 7.21. The third-order valence-corrected chi connectivity index (χ3v) is 5.09. The number of anilines is 1. The SMILES string of the molecule is C=CCn1c(SCC(=O)Nc2cccc(OC)c2)nc2ccc(Cl)cc2c1=O. The summed E-state index contributed by atoms with van der Waals surface area (Å²) in [5.41, 5.74) is 0.947. The van der Waals surface area contributed by atoms with Crippen LogP contribution in [0.4, 0.5) is 5.69 Å². The molecule has 1 amide bonds. The predicted octanol–water partition coefficient (Wildman–Crippen LogP) is 3.98. The lowest BCUT2D eigenvalue weighted by Crippen LogP contribution is -2.23. The summed E-state index contributed by atoms with van der Waals surface area (Å²) in [6.45, 7) is 3.98. The average molecular weight is 416 g/mol. The Kier molecular flexibility index (Phi) is 6.38. The molecule has 0 radical (unpaired) electrons. The molecule has 0 atom stereocenters. The Labute approximate surface area is 171 Å². The molecule has 6 nitrogen and oxygen atoms in total. The quantitative estimate of drug-likeness (QED) is 0.359. The van der Waals surface area contributed by atoms with Crippen LogP contribution in [0.15, 0.2) is 65.1 Å². The first kappa shape index (κ1) is 20.0. The van der Waals surface area contributed by atoms with Crippen molar-refractivity contribution in [1.82, 2.24) is 9.55 Å². The number of fused-ring (bicyclic) bond motifs is 1. The maximum Gasteiger partial charge on any atom is 0.262 e. The van der Waals surface area contributed by atoms with Gasteiger partial charge in [-0.2, -0.15) is 0 Å². The molecule has 0 aliphatic heterocycles. The largest absolute Gasteiger partial charge is 0.497 e. The van der Waals surface area contributed by atoms with Gasteiger partial charge in [0.25, 0.3) is 5.56 Å². The molecule has 0 aliphatic rings. The van der Waals surface area contributed by atoms with Crippen LogP contribution in [-0.2, 0) is 11.3 Å². The summed E-state index contributed by atoms with van der Waals surface area (Å²) in [5.74, 6) is 0.536. The van der Waals surface area contributed by atoms with Crippen molar-refractivity contribution in [2.75, 3.05) is 18.2 Å². The van der Waals surface area contributed by atoms with Crippen LogP contribution in [0.25, 0.3) is 10.9 Å².